The number of carbonyl (C=O) groups is 2. The molecule has 0 atom stereocenters. The van der Waals surface area contributed by atoms with Crippen molar-refractivity contribution < 1.29 is 19.4 Å². The zero-order chi connectivity index (χ0) is 18.1. The summed E-state index contributed by atoms with van der Waals surface area (Å²) in [7, 11) is 0. The number of amides is 1. The van der Waals surface area contributed by atoms with Gasteiger partial charge in [-0.15, -0.1) is 0 Å². The van der Waals surface area contributed by atoms with Crippen LogP contribution in [-0.2, 0) is 11.3 Å². The summed E-state index contributed by atoms with van der Waals surface area (Å²) < 4.78 is 5.07. The van der Waals surface area contributed by atoms with Crippen LogP contribution in [0.2, 0.25) is 0 Å². The van der Waals surface area contributed by atoms with E-state index in [9.17, 15) is 9.59 Å². The first-order valence-corrected chi connectivity index (χ1v) is 7.62. The van der Waals surface area contributed by atoms with Crippen LogP contribution >= 0.6 is 0 Å². The Hall–Kier alpha value is -3.46. The van der Waals surface area contributed by atoms with E-state index in [-0.39, 0.29) is 12.2 Å². The molecule has 0 radical (unpaired) electrons. The molecule has 0 spiro atoms. The molecule has 0 saturated heterocycles. The summed E-state index contributed by atoms with van der Waals surface area (Å²) in [6.07, 6.45) is -0.130. The van der Waals surface area contributed by atoms with Crippen LogP contribution in [-0.4, -0.2) is 23.7 Å². The van der Waals surface area contributed by atoms with Crippen LogP contribution in [0.15, 0.2) is 48.5 Å². The number of rotatable bonds is 5. The summed E-state index contributed by atoms with van der Waals surface area (Å²) >= 11 is 0. The smallest absolute Gasteiger partial charge is 0.407 e. The molecule has 2 aromatic carbocycles. The van der Waals surface area contributed by atoms with E-state index >= 15 is 0 Å². The SMILES string of the molecule is Nc1ccc(C(=O)O)cc1C#CCCNC(=O)OCc1ccccc1. The minimum absolute atomic E-state index is 0.126. The largest absolute Gasteiger partial charge is 0.478 e. The molecule has 0 bridgehead atoms. The third kappa shape index (κ3) is 5.92. The van der Waals surface area contributed by atoms with Gasteiger partial charge in [-0.2, -0.15) is 0 Å². The average Bonchev–Trinajstić information content (AvgIpc) is 2.61. The molecule has 0 aliphatic carbocycles. The number of alkyl carbamates (subject to hydrolysis) is 1. The Labute approximate surface area is 145 Å². The van der Waals surface area contributed by atoms with Gasteiger partial charge in [0.15, 0.2) is 0 Å². The lowest BCUT2D eigenvalue weighted by Gasteiger charge is -2.05. The fourth-order valence-electron chi connectivity index (χ4n) is 1.96. The normalized spacial score (nSPS) is 9.60. The monoisotopic (exact) mass is 338 g/mol. The standard InChI is InChI=1S/C19H18N2O4/c20-17-10-9-16(18(22)23)12-15(17)8-4-5-11-21-19(24)25-13-14-6-2-1-3-7-14/h1-3,6-7,9-10,12H,5,11,13,20H2,(H,21,24)(H,22,23). The van der Waals surface area contributed by atoms with Crippen molar-refractivity contribution in [2.75, 3.05) is 12.3 Å². The fraction of sp³-hybridized carbons (Fsp3) is 0.158. The van der Waals surface area contributed by atoms with Gasteiger partial charge in [-0.1, -0.05) is 42.2 Å². The van der Waals surface area contributed by atoms with E-state index < -0.39 is 12.1 Å². The Morgan fingerprint density at radius 2 is 1.92 bits per heavy atom. The zero-order valence-electron chi connectivity index (χ0n) is 13.5. The number of carboxylic acid groups (broad SMARTS) is 1. The van der Waals surface area contributed by atoms with Gasteiger partial charge in [0.05, 0.1) is 5.56 Å². The predicted molar refractivity (Wildman–Crippen MR) is 93.9 cm³/mol. The minimum Gasteiger partial charge on any atom is -0.478 e. The van der Waals surface area contributed by atoms with Gasteiger partial charge >= 0.3 is 12.1 Å². The molecule has 2 aromatic rings. The summed E-state index contributed by atoms with van der Waals surface area (Å²) in [6, 6.07) is 13.7. The Balaban J connectivity index is 1.76. The van der Waals surface area contributed by atoms with E-state index in [4.69, 9.17) is 15.6 Å². The van der Waals surface area contributed by atoms with Gasteiger partial charge in [0, 0.05) is 24.2 Å². The van der Waals surface area contributed by atoms with Crippen molar-refractivity contribution in [3.8, 4) is 11.8 Å². The molecule has 0 fully saturated rings. The molecule has 0 aromatic heterocycles. The Morgan fingerprint density at radius 3 is 2.64 bits per heavy atom. The molecule has 6 nitrogen and oxygen atoms in total. The van der Waals surface area contributed by atoms with Crippen molar-refractivity contribution in [1.82, 2.24) is 5.32 Å². The molecule has 1 amide bonds. The molecule has 128 valence electrons. The van der Waals surface area contributed by atoms with Crippen LogP contribution in [0.1, 0.15) is 27.9 Å². The topological polar surface area (TPSA) is 102 Å². The van der Waals surface area contributed by atoms with Crippen molar-refractivity contribution in [1.29, 1.82) is 0 Å². The number of nitrogens with one attached hydrogen (secondary N) is 1. The molecule has 6 heteroatoms. The number of nitrogens with two attached hydrogens (primary N) is 1. The van der Waals surface area contributed by atoms with E-state index in [1.54, 1.807) is 0 Å². The van der Waals surface area contributed by atoms with Gasteiger partial charge in [-0.25, -0.2) is 9.59 Å². The van der Waals surface area contributed by atoms with Crippen LogP contribution in [0.4, 0.5) is 10.5 Å². The van der Waals surface area contributed by atoms with E-state index in [1.807, 2.05) is 30.3 Å². The van der Waals surface area contributed by atoms with Gasteiger partial charge in [-0.3, -0.25) is 0 Å². The molecule has 2 rings (SSSR count). The number of anilines is 1. The number of hydrogen-bond donors (Lipinski definition) is 3. The van der Waals surface area contributed by atoms with Crippen LogP contribution < -0.4 is 11.1 Å². The zero-order valence-corrected chi connectivity index (χ0v) is 13.5. The van der Waals surface area contributed by atoms with Crippen LogP contribution in [0.25, 0.3) is 0 Å². The first-order valence-electron chi connectivity index (χ1n) is 7.62. The molecule has 4 N–H and O–H groups in total. The molecule has 0 saturated carbocycles. The number of ether oxygens (including phenoxy) is 1. The number of carboxylic acids is 1. The summed E-state index contributed by atoms with van der Waals surface area (Å²) in [5, 5.41) is 11.5. The van der Waals surface area contributed by atoms with E-state index in [1.165, 1.54) is 18.2 Å². The van der Waals surface area contributed by atoms with Crippen molar-refractivity contribution in [3.05, 3.63) is 65.2 Å². The molecule has 0 aliphatic heterocycles. The third-order valence-corrected chi connectivity index (χ3v) is 3.26. The molecular weight excluding hydrogens is 320 g/mol. The maximum absolute atomic E-state index is 11.6. The maximum Gasteiger partial charge on any atom is 0.407 e. The first-order chi connectivity index (χ1) is 12.1. The Morgan fingerprint density at radius 1 is 1.16 bits per heavy atom. The summed E-state index contributed by atoms with van der Waals surface area (Å²) in [5.41, 5.74) is 7.66. The molecule has 25 heavy (non-hydrogen) atoms. The number of nitrogen functional groups attached to an aromatic ring is 1. The highest BCUT2D eigenvalue weighted by molar-refractivity contribution is 5.89. The van der Waals surface area contributed by atoms with Gasteiger partial charge in [0.2, 0.25) is 0 Å². The second kappa shape index (κ2) is 8.99. The summed E-state index contributed by atoms with van der Waals surface area (Å²) in [4.78, 5) is 22.5. The predicted octanol–water partition coefficient (Wildman–Crippen LogP) is 2.64. The Bertz CT molecular complexity index is 807. The lowest BCUT2D eigenvalue weighted by Crippen LogP contribution is -2.24. The number of aromatic carboxylic acids is 1. The van der Waals surface area contributed by atoms with Gasteiger partial charge < -0.3 is 20.9 Å². The van der Waals surface area contributed by atoms with E-state index in [2.05, 4.69) is 17.2 Å². The van der Waals surface area contributed by atoms with Gasteiger partial charge in [-0.05, 0) is 23.8 Å². The number of carbonyl (C=O) groups excluding carboxylic acids is 1. The molecule has 0 unspecified atom stereocenters. The van der Waals surface area contributed by atoms with Crippen LogP contribution in [0.3, 0.4) is 0 Å². The Kier molecular flexibility index (Phi) is 6.43. The lowest BCUT2D eigenvalue weighted by atomic mass is 10.1. The van der Waals surface area contributed by atoms with Crippen molar-refractivity contribution in [2.24, 2.45) is 0 Å². The van der Waals surface area contributed by atoms with Gasteiger partial charge in [0.25, 0.3) is 0 Å². The van der Waals surface area contributed by atoms with E-state index in [0.29, 0.717) is 24.2 Å². The lowest BCUT2D eigenvalue weighted by molar-refractivity contribution is 0.0696. The highest BCUT2D eigenvalue weighted by Gasteiger charge is 2.05. The molecule has 0 heterocycles. The minimum atomic E-state index is -1.04. The molecule has 0 aliphatic rings. The highest BCUT2D eigenvalue weighted by Crippen LogP contribution is 2.13. The number of hydrogen-bond acceptors (Lipinski definition) is 4. The van der Waals surface area contributed by atoms with Crippen molar-refractivity contribution >= 4 is 17.7 Å². The number of benzene rings is 2. The summed E-state index contributed by atoms with van der Waals surface area (Å²) in [6.45, 7) is 0.524. The van der Waals surface area contributed by atoms with Crippen molar-refractivity contribution in [3.63, 3.8) is 0 Å². The van der Waals surface area contributed by atoms with Crippen molar-refractivity contribution in [2.45, 2.75) is 13.0 Å². The fourth-order valence-corrected chi connectivity index (χ4v) is 1.96. The quantitative estimate of drug-likeness (QED) is 0.442. The highest BCUT2D eigenvalue weighted by atomic mass is 16.5. The second-order valence-electron chi connectivity index (χ2n) is 5.15. The molecular formula is C19H18N2O4. The summed E-state index contributed by atoms with van der Waals surface area (Å²) in [5.74, 6) is 4.62. The van der Waals surface area contributed by atoms with Crippen LogP contribution in [0, 0.1) is 11.8 Å². The maximum atomic E-state index is 11.6. The van der Waals surface area contributed by atoms with Gasteiger partial charge in [0.1, 0.15) is 6.61 Å². The third-order valence-electron chi connectivity index (χ3n) is 3.26. The van der Waals surface area contributed by atoms with E-state index in [0.717, 1.165) is 5.56 Å². The second-order valence-corrected chi connectivity index (χ2v) is 5.15. The van der Waals surface area contributed by atoms with Crippen LogP contribution in [0.5, 0.6) is 0 Å². The first kappa shape index (κ1) is 17.9. The average molecular weight is 338 g/mol.